The molecule has 0 saturated heterocycles. The van der Waals surface area contributed by atoms with Crippen LogP contribution < -0.4 is 15.4 Å². The lowest BCUT2D eigenvalue weighted by molar-refractivity contribution is 0.414. The normalized spacial score (nSPS) is 11.3. The molecule has 0 aliphatic heterocycles. The van der Waals surface area contributed by atoms with Gasteiger partial charge < -0.3 is 15.4 Å². The van der Waals surface area contributed by atoms with E-state index in [-0.39, 0.29) is 0 Å². The third kappa shape index (κ3) is 4.51. The second kappa shape index (κ2) is 8.07. The van der Waals surface area contributed by atoms with Gasteiger partial charge in [-0.3, -0.25) is 9.67 Å². The smallest absolute Gasteiger partial charge is 0.191 e. The van der Waals surface area contributed by atoms with Crippen molar-refractivity contribution >= 4 is 5.96 Å². The fraction of sp³-hybridized carbons (Fsp3) is 0.375. The van der Waals surface area contributed by atoms with Gasteiger partial charge in [-0.2, -0.15) is 5.10 Å². The summed E-state index contributed by atoms with van der Waals surface area (Å²) in [5.41, 5.74) is 2.37. The van der Waals surface area contributed by atoms with Crippen LogP contribution in [0.4, 0.5) is 0 Å². The van der Waals surface area contributed by atoms with Crippen molar-refractivity contribution in [3.05, 3.63) is 47.8 Å². The summed E-state index contributed by atoms with van der Waals surface area (Å²) in [4.78, 5) is 4.22. The first-order chi connectivity index (χ1) is 10.7. The highest BCUT2D eigenvalue weighted by molar-refractivity contribution is 5.79. The summed E-state index contributed by atoms with van der Waals surface area (Å²) in [6.07, 6.45) is 2.72. The summed E-state index contributed by atoms with van der Waals surface area (Å²) in [7, 11) is 5.37. The lowest BCUT2D eigenvalue weighted by Crippen LogP contribution is -2.38. The van der Waals surface area contributed by atoms with Gasteiger partial charge in [-0.25, -0.2) is 0 Å². The molecule has 6 heteroatoms. The number of benzene rings is 1. The molecule has 0 aliphatic carbocycles. The lowest BCUT2D eigenvalue weighted by atomic mass is 10.1. The summed E-state index contributed by atoms with van der Waals surface area (Å²) in [6, 6.07) is 10.1. The molecule has 2 N–H and O–H groups in total. The van der Waals surface area contributed by atoms with Crippen LogP contribution in [0.1, 0.15) is 11.3 Å². The van der Waals surface area contributed by atoms with Crippen LogP contribution in [0, 0.1) is 0 Å². The summed E-state index contributed by atoms with van der Waals surface area (Å²) >= 11 is 0. The molecule has 1 aromatic heterocycles. The molecule has 0 unspecified atom stereocenters. The average Bonchev–Trinajstić information content (AvgIpc) is 2.96. The van der Waals surface area contributed by atoms with E-state index in [1.165, 1.54) is 5.56 Å². The Bertz CT molecular complexity index is 603. The third-order valence-electron chi connectivity index (χ3n) is 3.45. The van der Waals surface area contributed by atoms with E-state index in [0.29, 0.717) is 6.54 Å². The van der Waals surface area contributed by atoms with Crippen LogP contribution in [0.15, 0.2) is 41.5 Å². The number of nitrogens with zero attached hydrogens (tertiary/aromatic N) is 3. The Hall–Kier alpha value is -2.50. The molecule has 0 saturated carbocycles. The number of hydrogen-bond acceptors (Lipinski definition) is 3. The van der Waals surface area contributed by atoms with E-state index >= 15 is 0 Å². The zero-order chi connectivity index (χ0) is 15.8. The number of rotatable bonds is 6. The highest BCUT2D eigenvalue weighted by Gasteiger charge is 2.01. The van der Waals surface area contributed by atoms with E-state index in [9.17, 15) is 0 Å². The molecule has 2 aromatic rings. The second-order valence-electron chi connectivity index (χ2n) is 4.90. The Morgan fingerprint density at radius 1 is 1.23 bits per heavy atom. The van der Waals surface area contributed by atoms with Gasteiger partial charge in [0.25, 0.3) is 0 Å². The van der Waals surface area contributed by atoms with Gasteiger partial charge in [0.05, 0.1) is 19.3 Å². The largest absolute Gasteiger partial charge is 0.497 e. The standard InChI is InChI=1S/C16H23N5O/c1-17-16(19-12-14-9-11-20-21(14)2)18-10-8-13-4-6-15(22-3)7-5-13/h4-7,9,11H,8,10,12H2,1-3H3,(H2,17,18,19). The molecule has 0 atom stereocenters. The maximum atomic E-state index is 5.15. The fourth-order valence-corrected chi connectivity index (χ4v) is 2.09. The van der Waals surface area contributed by atoms with Gasteiger partial charge in [-0.1, -0.05) is 12.1 Å². The Morgan fingerprint density at radius 3 is 2.59 bits per heavy atom. The summed E-state index contributed by atoms with van der Waals surface area (Å²) in [5.74, 6) is 1.67. The number of nitrogens with one attached hydrogen (secondary N) is 2. The highest BCUT2D eigenvalue weighted by Crippen LogP contribution is 2.11. The van der Waals surface area contributed by atoms with Crippen LogP contribution >= 0.6 is 0 Å². The van der Waals surface area contributed by atoms with Crippen LogP contribution in [0.5, 0.6) is 5.75 Å². The Kier molecular flexibility index (Phi) is 5.82. The second-order valence-corrected chi connectivity index (χ2v) is 4.90. The maximum Gasteiger partial charge on any atom is 0.191 e. The summed E-state index contributed by atoms with van der Waals surface area (Å²) in [5, 5.41) is 10.7. The van der Waals surface area contributed by atoms with E-state index in [2.05, 4.69) is 32.9 Å². The van der Waals surface area contributed by atoms with Crippen LogP contribution in [0.3, 0.4) is 0 Å². The van der Waals surface area contributed by atoms with E-state index in [1.54, 1.807) is 20.4 Å². The van der Waals surface area contributed by atoms with Crippen molar-refractivity contribution in [2.45, 2.75) is 13.0 Å². The molecular formula is C16H23N5O. The van der Waals surface area contributed by atoms with Gasteiger partial charge >= 0.3 is 0 Å². The molecule has 2 rings (SSSR count). The average molecular weight is 301 g/mol. The van der Waals surface area contributed by atoms with Gasteiger partial charge in [0.15, 0.2) is 5.96 Å². The zero-order valence-corrected chi connectivity index (χ0v) is 13.3. The maximum absolute atomic E-state index is 5.15. The number of hydrogen-bond donors (Lipinski definition) is 2. The topological polar surface area (TPSA) is 63.5 Å². The lowest BCUT2D eigenvalue weighted by Gasteiger charge is -2.12. The van der Waals surface area contributed by atoms with Gasteiger partial charge in [0, 0.05) is 26.8 Å². The molecule has 0 bridgehead atoms. The first kappa shape index (κ1) is 15.9. The van der Waals surface area contributed by atoms with Crippen molar-refractivity contribution in [2.75, 3.05) is 20.7 Å². The van der Waals surface area contributed by atoms with Crippen molar-refractivity contribution < 1.29 is 4.74 Å². The van der Waals surface area contributed by atoms with Gasteiger partial charge in [0.1, 0.15) is 5.75 Å². The first-order valence-electron chi connectivity index (χ1n) is 7.27. The molecule has 0 aliphatic rings. The number of ether oxygens (including phenoxy) is 1. The van der Waals surface area contributed by atoms with Crippen molar-refractivity contribution in [2.24, 2.45) is 12.0 Å². The number of guanidine groups is 1. The first-order valence-corrected chi connectivity index (χ1v) is 7.27. The minimum atomic E-state index is 0.693. The fourth-order valence-electron chi connectivity index (χ4n) is 2.09. The summed E-state index contributed by atoms with van der Waals surface area (Å²) < 4.78 is 7.00. The third-order valence-corrected chi connectivity index (χ3v) is 3.45. The minimum absolute atomic E-state index is 0.693. The van der Waals surface area contributed by atoms with E-state index in [0.717, 1.165) is 30.4 Å². The molecule has 1 heterocycles. The van der Waals surface area contributed by atoms with Gasteiger partial charge in [-0.05, 0) is 30.2 Å². The quantitative estimate of drug-likeness (QED) is 0.624. The summed E-state index contributed by atoms with van der Waals surface area (Å²) in [6.45, 7) is 1.51. The molecule has 0 amide bonds. The molecule has 0 spiro atoms. The highest BCUT2D eigenvalue weighted by atomic mass is 16.5. The molecule has 118 valence electrons. The number of aryl methyl sites for hydroxylation is 1. The molecule has 0 fully saturated rings. The SMILES string of the molecule is CN=C(NCCc1ccc(OC)cc1)NCc1ccnn1C. The van der Waals surface area contributed by atoms with Crippen molar-refractivity contribution in [1.82, 2.24) is 20.4 Å². The molecular weight excluding hydrogens is 278 g/mol. The Balaban J connectivity index is 1.75. The monoisotopic (exact) mass is 301 g/mol. The van der Waals surface area contributed by atoms with Crippen LogP contribution in [0.25, 0.3) is 0 Å². The van der Waals surface area contributed by atoms with E-state index in [1.807, 2.05) is 29.9 Å². The van der Waals surface area contributed by atoms with Crippen LogP contribution in [-0.4, -0.2) is 36.4 Å². The molecule has 0 radical (unpaired) electrons. The molecule has 6 nitrogen and oxygen atoms in total. The molecule has 1 aromatic carbocycles. The van der Waals surface area contributed by atoms with Crippen molar-refractivity contribution in [1.29, 1.82) is 0 Å². The minimum Gasteiger partial charge on any atom is -0.497 e. The number of aliphatic imine (C=N–C) groups is 1. The Morgan fingerprint density at radius 2 is 2.00 bits per heavy atom. The van der Waals surface area contributed by atoms with Crippen LogP contribution in [0.2, 0.25) is 0 Å². The predicted octanol–water partition coefficient (Wildman–Crippen LogP) is 1.34. The molecule has 22 heavy (non-hydrogen) atoms. The number of methoxy groups -OCH3 is 1. The predicted molar refractivity (Wildman–Crippen MR) is 88.1 cm³/mol. The van der Waals surface area contributed by atoms with Gasteiger partial charge in [0.2, 0.25) is 0 Å². The zero-order valence-electron chi connectivity index (χ0n) is 13.3. The van der Waals surface area contributed by atoms with Gasteiger partial charge in [-0.15, -0.1) is 0 Å². The Labute approximate surface area is 131 Å². The van der Waals surface area contributed by atoms with Crippen LogP contribution in [-0.2, 0) is 20.0 Å². The van der Waals surface area contributed by atoms with Crippen molar-refractivity contribution in [3.63, 3.8) is 0 Å². The van der Waals surface area contributed by atoms with E-state index in [4.69, 9.17) is 4.74 Å². The number of aromatic nitrogens is 2. The van der Waals surface area contributed by atoms with E-state index < -0.39 is 0 Å². The van der Waals surface area contributed by atoms with Crippen molar-refractivity contribution in [3.8, 4) is 5.75 Å².